The first-order valence-electron chi connectivity index (χ1n) is 8.55. The fraction of sp³-hybridized carbons (Fsp3) is 0.0500. The van der Waals surface area contributed by atoms with Crippen molar-refractivity contribution < 1.29 is 18.8 Å². The highest BCUT2D eigenvalue weighted by Gasteiger charge is 2.22. The maximum absolute atomic E-state index is 13.5. The van der Waals surface area contributed by atoms with E-state index in [0.29, 0.717) is 11.4 Å². The quantitative estimate of drug-likeness (QED) is 0.590. The van der Waals surface area contributed by atoms with Gasteiger partial charge in [-0.3, -0.25) is 19.0 Å². The number of imidazole rings is 1. The molecule has 0 fully saturated rings. The number of carbonyl (C=O) groups excluding carboxylic acids is 3. The molecule has 0 saturated heterocycles. The fourth-order valence-corrected chi connectivity index (χ4v) is 2.76. The topological polar surface area (TPSA) is 143 Å². The first kappa shape index (κ1) is 20.2. The number of primary amides is 1. The normalized spacial score (nSPS) is 10.2. The van der Waals surface area contributed by atoms with Crippen molar-refractivity contribution in [1.29, 1.82) is 5.26 Å². The van der Waals surface area contributed by atoms with E-state index < -0.39 is 23.5 Å². The van der Waals surface area contributed by atoms with Crippen molar-refractivity contribution in [2.24, 2.45) is 5.73 Å². The zero-order valence-corrected chi connectivity index (χ0v) is 15.6. The van der Waals surface area contributed by atoms with Gasteiger partial charge in [0.1, 0.15) is 17.8 Å². The Labute approximate surface area is 169 Å². The molecule has 30 heavy (non-hydrogen) atoms. The second kappa shape index (κ2) is 8.24. The highest BCUT2D eigenvalue weighted by Crippen LogP contribution is 2.19. The van der Waals surface area contributed by atoms with E-state index in [1.54, 1.807) is 30.3 Å². The molecule has 9 nitrogen and oxygen atoms in total. The van der Waals surface area contributed by atoms with Gasteiger partial charge in [-0.25, -0.2) is 9.37 Å². The van der Waals surface area contributed by atoms with E-state index in [-0.39, 0.29) is 22.5 Å². The molecule has 150 valence electrons. The van der Waals surface area contributed by atoms with E-state index in [9.17, 15) is 18.8 Å². The molecular formula is C20H15FN6O3. The van der Waals surface area contributed by atoms with Crippen molar-refractivity contribution in [3.8, 4) is 11.8 Å². The predicted molar refractivity (Wildman–Crippen MR) is 105 cm³/mol. The number of rotatable bonds is 5. The van der Waals surface area contributed by atoms with Crippen LogP contribution in [0.25, 0.3) is 5.69 Å². The zero-order valence-electron chi connectivity index (χ0n) is 15.6. The average Bonchev–Trinajstić information content (AvgIpc) is 3.18. The molecule has 0 radical (unpaired) electrons. The number of hydrogen-bond donors (Lipinski definition) is 3. The summed E-state index contributed by atoms with van der Waals surface area (Å²) < 4.78 is 14.9. The molecule has 0 unspecified atom stereocenters. The predicted octanol–water partition coefficient (Wildman–Crippen LogP) is 1.59. The maximum Gasteiger partial charge on any atom is 0.272 e. The lowest BCUT2D eigenvalue weighted by Crippen LogP contribution is -2.25. The summed E-state index contributed by atoms with van der Waals surface area (Å²) in [7, 11) is 1.40. The van der Waals surface area contributed by atoms with Crippen LogP contribution in [0.4, 0.5) is 10.1 Å². The van der Waals surface area contributed by atoms with E-state index in [0.717, 1.165) is 12.1 Å². The first-order chi connectivity index (χ1) is 14.3. The van der Waals surface area contributed by atoms with Crippen molar-refractivity contribution >= 4 is 23.4 Å². The number of aromatic nitrogens is 2. The number of amides is 3. The Hall–Kier alpha value is -4.52. The summed E-state index contributed by atoms with van der Waals surface area (Å²) in [6.07, 6.45) is 1.29. The van der Waals surface area contributed by atoms with E-state index in [1.807, 2.05) is 0 Å². The molecular weight excluding hydrogens is 391 g/mol. The molecule has 3 aromatic rings. The van der Waals surface area contributed by atoms with Gasteiger partial charge in [-0.05, 0) is 42.5 Å². The largest absolute Gasteiger partial charge is 0.364 e. The fourth-order valence-electron chi connectivity index (χ4n) is 2.76. The van der Waals surface area contributed by atoms with Crippen LogP contribution >= 0.6 is 0 Å². The number of nitriles is 1. The molecule has 0 saturated carbocycles. The van der Waals surface area contributed by atoms with Gasteiger partial charge in [-0.1, -0.05) is 0 Å². The number of halogens is 1. The van der Waals surface area contributed by atoms with Gasteiger partial charge >= 0.3 is 0 Å². The summed E-state index contributed by atoms with van der Waals surface area (Å²) in [6.45, 7) is 0. The minimum absolute atomic E-state index is 0.00327. The van der Waals surface area contributed by atoms with Crippen molar-refractivity contribution in [3.05, 3.63) is 77.1 Å². The third-order valence-electron chi connectivity index (χ3n) is 4.14. The van der Waals surface area contributed by atoms with Gasteiger partial charge in [-0.15, -0.1) is 0 Å². The van der Waals surface area contributed by atoms with E-state index in [4.69, 9.17) is 11.0 Å². The number of carbonyl (C=O) groups is 3. The second-order valence-corrected chi connectivity index (χ2v) is 6.10. The second-order valence-electron chi connectivity index (χ2n) is 6.10. The van der Waals surface area contributed by atoms with E-state index in [1.165, 1.54) is 24.0 Å². The standard InChI is InChI=1S/C20H15FN6O3/c1-24-20(30)16-17(18(23)28)27(10-25-16)15-4-2-14(3-5-15)26-19(29)12-6-11(9-22)7-13(21)8-12/h2-8,10H,1H3,(H2,23,28)(H,24,30)(H,26,29). The molecule has 1 heterocycles. The van der Waals surface area contributed by atoms with Crippen molar-refractivity contribution in [1.82, 2.24) is 14.9 Å². The number of nitrogens with zero attached hydrogens (tertiary/aromatic N) is 3. The molecule has 3 amide bonds. The van der Waals surface area contributed by atoms with Gasteiger partial charge in [0.05, 0.1) is 11.6 Å². The van der Waals surface area contributed by atoms with Gasteiger partial charge in [0.25, 0.3) is 17.7 Å². The molecule has 2 aromatic carbocycles. The third kappa shape index (κ3) is 4.00. The van der Waals surface area contributed by atoms with Gasteiger partial charge in [0.15, 0.2) is 5.69 Å². The molecule has 0 bridgehead atoms. The molecule has 0 aliphatic heterocycles. The Bertz CT molecular complexity index is 1190. The molecule has 10 heteroatoms. The molecule has 1 aromatic heterocycles. The zero-order chi connectivity index (χ0) is 21.8. The Morgan fingerprint density at radius 3 is 2.43 bits per heavy atom. The molecule has 0 atom stereocenters. The monoisotopic (exact) mass is 406 g/mol. The van der Waals surface area contributed by atoms with E-state index >= 15 is 0 Å². The summed E-state index contributed by atoms with van der Waals surface area (Å²) in [5.41, 5.74) is 6.09. The van der Waals surface area contributed by atoms with Crippen molar-refractivity contribution in [2.45, 2.75) is 0 Å². The lowest BCUT2D eigenvalue weighted by atomic mass is 10.1. The van der Waals surface area contributed by atoms with Gasteiger partial charge in [0.2, 0.25) is 0 Å². The summed E-state index contributed by atoms with van der Waals surface area (Å²) >= 11 is 0. The number of hydrogen-bond acceptors (Lipinski definition) is 5. The smallest absolute Gasteiger partial charge is 0.272 e. The van der Waals surface area contributed by atoms with Crippen molar-refractivity contribution in [2.75, 3.05) is 12.4 Å². The molecule has 0 aliphatic rings. The maximum atomic E-state index is 13.5. The number of benzene rings is 2. The Balaban J connectivity index is 1.86. The van der Waals surface area contributed by atoms with Gasteiger partial charge in [-0.2, -0.15) is 5.26 Å². The lowest BCUT2D eigenvalue weighted by Gasteiger charge is -2.09. The molecule has 0 aliphatic carbocycles. The van der Waals surface area contributed by atoms with Crippen LogP contribution in [0.3, 0.4) is 0 Å². The Kier molecular flexibility index (Phi) is 5.55. The first-order valence-corrected chi connectivity index (χ1v) is 8.55. The molecule has 0 spiro atoms. The van der Waals surface area contributed by atoms with Crippen LogP contribution in [0, 0.1) is 17.1 Å². The summed E-state index contributed by atoms with van der Waals surface area (Å²) in [6, 6.07) is 11.3. The molecule has 4 N–H and O–H groups in total. The van der Waals surface area contributed by atoms with Gasteiger partial charge in [0, 0.05) is 24.0 Å². The summed E-state index contributed by atoms with van der Waals surface area (Å²) in [5, 5.41) is 13.9. The highest BCUT2D eigenvalue weighted by atomic mass is 19.1. The SMILES string of the molecule is CNC(=O)c1ncn(-c2ccc(NC(=O)c3cc(F)cc(C#N)c3)cc2)c1C(N)=O. The van der Waals surface area contributed by atoms with Crippen LogP contribution in [0.15, 0.2) is 48.8 Å². The Morgan fingerprint density at radius 2 is 1.83 bits per heavy atom. The van der Waals surface area contributed by atoms with Crippen LogP contribution in [0.2, 0.25) is 0 Å². The number of anilines is 1. The van der Waals surface area contributed by atoms with Crippen molar-refractivity contribution in [3.63, 3.8) is 0 Å². The van der Waals surface area contributed by atoms with Crippen LogP contribution < -0.4 is 16.4 Å². The van der Waals surface area contributed by atoms with Crippen LogP contribution in [0.5, 0.6) is 0 Å². The van der Waals surface area contributed by atoms with Crippen LogP contribution in [0.1, 0.15) is 36.9 Å². The average molecular weight is 406 g/mol. The van der Waals surface area contributed by atoms with Crippen LogP contribution in [-0.2, 0) is 0 Å². The summed E-state index contributed by atoms with van der Waals surface area (Å²) in [5.74, 6) is -2.68. The van der Waals surface area contributed by atoms with Crippen LogP contribution in [-0.4, -0.2) is 34.3 Å². The minimum atomic E-state index is -0.831. The van der Waals surface area contributed by atoms with Gasteiger partial charge < -0.3 is 16.4 Å². The molecule has 3 rings (SSSR count). The summed E-state index contributed by atoms with van der Waals surface area (Å²) in [4.78, 5) is 40.0. The highest BCUT2D eigenvalue weighted by molar-refractivity contribution is 6.05. The lowest BCUT2D eigenvalue weighted by molar-refractivity contribution is 0.0937. The number of nitrogens with one attached hydrogen (secondary N) is 2. The number of nitrogens with two attached hydrogens (primary N) is 1. The third-order valence-corrected chi connectivity index (χ3v) is 4.14. The Morgan fingerprint density at radius 1 is 1.13 bits per heavy atom. The minimum Gasteiger partial charge on any atom is -0.364 e. The van der Waals surface area contributed by atoms with E-state index in [2.05, 4.69) is 15.6 Å².